The van der Waals surface area contributed by atoms with E-state index in [9.17, 15) is 18.0 Å². The second-order valence-electron chi connectivity index (χ2n) is 5.37. The summed E-state index contributed by atoms with van der Waals surface area (Å²) in [4.78, 5) is 17.1. The number of anilines is 2. The quantitative estimate of drug-likeness (QED) is 0.209. The number of nitrogens with one attached hydrogen (secondary N) is 2. The summed E-state index contributed by atoms with van der Waals surface area (Å²) >= 11 is 8.08. The molecule has 0 spiro atoms. The Hall–Kier alpha value is -1.56. The third-order valence-electron chi connectivity index (χ3n) is 3.42. The summed E-state index contributed by atoms with van der Waals surface area (Å²) in [5.41, 5.74) is 1.17. The van der Waals surface area contributed by atoms with Crippen molar-refractivity contribution in [2.45, 2.75) is 12.8 Å². The van der Waals surface area contributed by atoms with Gasteiger partial charge in [-0.2, -0.15) is 0 Å². The van der Waals surface area contributed by atoms with Crippen molar-refractivity contribution in [1.29, 1.82) is 0 Å². The Morgan fingerprint density at radius 1 is 1.19 bits per heavy atom. The first-order valence-electron chi connectivity index (χ1n) is 7.77. The zero-order valence-electron chi connectivity index (χ0n) is 13.8. The van der Waals surface area contributed by atoms with Gasteiger partial charge >= 0.3 is 0 Å². The number of aliphatic hydroxyl groups excluding tert-OH is 1. The number of aliphatic hydroxyl groups is 1. The van der Waals surface area contributed by atoms with Crippen LogP contribution in [-0.4, -0.2) is 24.2 Å². The molecule has 0 aliphatic rings. The van der Waals surface area contributed by atoms with Crippen molar-refractivity contribution in [3.8, 4) is 0 Å². The van der Waals surface area contributed by atoms with Crippen molar-refractivity contribution in [2.24, 2.45) is 0 Å². The Morgan fingerprint density at radius 3 is 2.59 bits per heavy atom. The molecule has 0 atom stereocenters. The third-order valence-corrected chi connectivity index (χ3v) is 4.40. The lowest BCUT2D eigenvalue weighted by Gasteiger charge is -2.15. The van der Waals surface area contributed by atoms with Crippen LogP contribution in [0, 0.1) is 21.0 Å². The fourth-order valence-electron chi connectivity index (χ4n) is 2.08. The van der Waals surface area contributed by atoms with E-state index in [1.165, 1.54) is 6.07 Å². The van der Waals surface area contributed by atoms with Gasteiger partial charge in [0.15, 0.2) is 17.5 Å². The Kier molecular flexibility index (Phi) is 8.14. The second kappa shape index (κ2) is 10.1. The fourth-order valence-corrected chi connectivity index (χ4v) is 2.98. The highest BCUT2D eigenvalue weighted by atomic mass is 127. The van der Waals surface area contributed by atoms with E-state index in [1.54, 1.807) is 12.1 Å². The maximum Gasteiger partial charge on any atom is 0.277 e. The predicted molar refractivity (Wildman–Crippen MR) is 104 cm³/mol. The van der Waals surface area contributed by atoms with E-state index < -0.39 is 34.6 Å². The number of halogens is 5. The highest BCUT2D eigenvalue weighted by molar-refractivity contribution is 14.1. The van der Waals surface area contributed by atoms with Gasteiger partial charge in [-0.1, -0.05) is 11.6 Å². The number of hydroxylamine groups is 1. The minimum atomic E-state index is -1.72. The molecule has 0 saturated carbocycles. The molecule has 5 nitrogen and oxygen atoms in total. The van der Waals surface area contributed by atoms with Crippen LogP contribution in [0.15, 0.2) is 24.3 Å². The van der Waals surface area contributed by atoms with Gasteiger partial charge in [0, 0.05) is 10.2 Å². The van der Waals surface area contributed by atoms with Crippen LogP contribution in [-0.2, 0) is 4.84 Å². The first-order valence-corrected chi connectivity index (χ1v) is 9.23. The van der Waals surface area contributed by atoms with Gasteiger partial charge in [0.05, 0.1) is 28.6 Å². The van der Waals surface area contributed by atoms with E-state index in [4.69, 9.17) is 21.5 Å². The smallest absolute Gasteiger partial charge is 0.277 e. The average molecular weight is 515 g/mol. The first-order chi connectivity index (χ1) is 12.8. The maximum atomic E-state index is 14.3. The Morgan fingerprint density at radius 2 is 1.93 bits per heavy atom. The molecule has 2 aromatic rings. The highest BCUT2D eigenvalue weighted by Crippen LogP contribution is 2.32. The number of amides is 1. The number of rotatable bonds is 8. The van der Waals surface area contributed by atoms with E-state index in [2.05, 4.69) is 5.32 Å². The van der Waals surface area contributed by atoms with E-state index in [1.807, 2.05) is 28.1 Å². The molecule has 27 heavy (non-hydrogen) atoms. The molecule has 0 aliphatic heterocycles. The maximum absolute atomic E-state index is 14.3. The number of benzene rings is 2. The van der Waals surface area contributed by atoms with Crippen LogP contribution in [0.1, 0.15) is 23.2 Å². The Bertz CT molecular complexity index is 840. The summed E-state index contributed by atoms with van der Waals surface area (Å²) < 4.78 is 42.4. The monoisotopic (exact) mass is 514 g/mol. The molecule has 0 bridgehead atoms. The van der Waals surface area contributed by atoms with Gasteiger partial charge in [0.2, 0.25) is 0 Å². The molecule has 0 aliphatic carbocycles. The number of carbonyl (C=O) groups is 1. The van der Waals surface area contributed by atoms with Gasteiger partial charge in [-0.15, -0.1) is 0 Å². The van der Waals surface area contributed by atoms with E-state index in [0.717, 1.165) is 3.57 Å². The third kappa shape index (κ3) is 5.71. The average Bonchev–Trinajstić information content (AvgIpc) is 2.63. The van der Waals surface area contributed by atoms with Crippen LogP contribution in [0.2, 0.25) is 5.02 Å². The number of carbonyl (C=O) groups excluding carboxylic acids is 1. The van der Waals surface area contributed by atoms with Crippen LogP contribution >= 0.6 is 34.2 Å². The Balaban J connectivity index is 2.29. The lowest BCUT2D eigenvalue weighted by molar-refractivity contribution is 0.0288. The van der Waals surface area contributed by atoms with Gasteiger partial charge in [-0.3, -0.25) is 9.63 Å². The first kappa shape index (κ1) is 21.7. The van der Waals surface area contributed by atoms with Crippen molar-refractivity contribution in [3.05, 3.63) is 55.9 Å². The van der Waals surface area contributed by atoms with Crippen LogP contribution in [0.3, 0.4) is 0 Å². The fraction of sp³-hybridized carbons (Fsp3) is 0.235. The van der Waals surface area contributed by atoms with Crippen molar-refractivity contribution in [3.63, 3.8) is 0 Å². The zero-order chi connectivity index (χ0) is 20.0. The van der Waals surface area contributed by atoms with Crippen LogP contribution in [0.25, 0.3) is 0 Å². The molecule has 2 rings (SSSR count). The molecule has 0 unspecified atom stereocenters. The van der Waals surface area contributed by atoms with E-state index >= 15 is 0 Å². The van der Waals surface area contributed by atoms with Crippen molar-refractivity contribution >= 4 is 51.5 Å². The zero-order valence-corrected chi connectivity index (χ0v) is 16.7. The van der Waals surface area contributed by atoms with Crippen molar-refractivity contribution in [1.82, 2.24) is 5.48 Å². The molecule has 0 aromatic heterocycles. The largest absolute Gasteiger partial charge is 0.396 e. The minimum absolute atomic E-state index is 0.0312. The van der Waals surface area contributed by atoms with Crippen LogP contribution in [0.4, 0.5) is 24.5 Å². The molecule has 0 saturated heterocycles. The highest BCUT2D eigenvalue weighted by Gasteiger charge is 2.23. The van der Waals surface area contributed by atoms with Gasteiger partial charge < -0.3 is 10.4 Å². The molecular formula is C17H15ClF3IN2O3. The lowest BCUT2D eigenvalue weighted by atomic mass is 10.1. The number of unbranched alkanes of at least 4 members (excludes halogenated alkanes) is 1. The molecular weight excluding hydrogens is 500 g/mol. The molecule has 10 heteroatoms. The van der Waals surface area contributed by atoms with Crippen molar-refractivity contribution < 1.29 is 27.9 Å². The summed E-state index contributed by atoms with van der Waals surface area (Å²) in [5.74, 6) is -5.77. The summed E-state index contributed by atoms with van der Waals surface area (Å²) in [6.45, 7) is 0.0563. The van der Waals surface area contributed by atoms with E-state index in [0.29, 0.717) is 18.9 Å². The SMILES string of the molecule is O=C(NOCCCCO)c1cc(F)c(F)c(F)c1Nc1ccc(I)cc1Cl. The molecule has 146 valence electrons. The van der Waals surface area contributed by atoms with Gasteiger partial charge in [0.25, 0.3) is 5.91 Å². The molecule has 1 amide bonds. The molecule has 0 heterocycles. The standard InChI is InChI=1S/C17H15ClF3IN2O3/c18-11-7-9(22)3-4-13(11)23-16-10(8-12(19)14(20)15(16)21)17(26)24-27-6-2-1-5-25/h3-4,7-8,23,25H,1-2,5-6H2,(H,24,26). The summed E-state index contributed by atoms with van der Waals surface area (Å²) in [5, 5.41) is 11.4. The second-order valence-corrected chi connectivity index (χ2v) is 7.02. The molecule has 0 fully saturated rings. The molecule has 3 N–H and O–H groups in total. The predicted octanol–water partition coefficient (Wildman–Crippen LogP) is 4.54. The minimum Gasteiger partial charge on any atom is -0.396 e. The summed E-state index contributed by atoms with van der Waals surface area (Å²) in [6.07, 6.45) is 0.931. The van der Waals surface area contributed by atoms with Gasteiger partial charge in [-0.05, 0) is 59.7 Å². The normalized spacial score (nSPS) is 10.7. The molecule has 0 radical (unpaired) electrons. The lowest BCUT2D eigenvalue weighted by Crippen LogP contribution is -2.26. The molecule has 2 aromatic carbocycles. The van der Waals surface area contributed by atoms with Crippen molar-refractivity contribution in [2.75, 3.05) is 18.5 Å². The summed E-state index contributed by atoms with van der Waals surface area (Å²) in [7, 11) is 0. The van der Waals surface area contributed by atoms with E-state index in [-0.39, 0.29) is 23.9 Å². The van der Waals surface area contributed by atoms with Gasteiger partial charge in [-0.25, -0.2) is 18.7 Å². The number of hydrogen-bond acceptors (Lipinski definition) is 4. The van der Waals surface area contributed by atoms with Crippen LogP contribution in [0.5, 0.6) is 0 Å². The topological polar surface area (TPSA) is 70.6 Å². The summed E-state index contributed by atoms with van der Waals surface area (Å²) in [6, 6.07) is 5.31. The Labute approximate surface area is 171 Å². The van der Waals surface area contributed by atoms with Crippen LogP contribution < -0.4 is 10.8 Å². The number of hydrogen-bond donors (Lipinski definition) is 3. The van der Waals surface area contributed by atoms with Gasteiger partial charge in [0.1, 0.15) is 0 Å².